The van der Waals surface area contributed by atoms with Gasteiger partial charge in [-0.2, -0.15) is 0 Å². The lowest BCUT2D eigenvalue weighted by Gasteiger charge is -2.28. The summed E-state index contributed by atoms with van der Waals surface area (Å²) in [5, 5.41) is 11.0. The van der Waals surface area contributed by atoms with Gasteiger partial charge in [-0.3, -0.25) is 4.90 Å². The van der Waals surface area contributed by atoms with Crippen molar-refractivity contribution in [3.8, 4) is 5.75 Å². The molecule has 0 aliphatic carbocycles. The van der Waals surface area contributed by atoms with Gasteiger partial charge in [0.05, 0.1) is 0 Å². The van der Waals surface area contributed by atoms with Crippen molar-refractivity contribution in [1.82, 2.24) is 4.90 Å². The number of halogens is 1. The third-order valence-electron chi connectivity index (χ3n) is 5.60. The predicted molar refractivity (Wildman–Crippen MR) is 128 cm³/mol. The lowest BCUT2D eigenvalue weighted by molar-refractivity contribution is -0.00277. The zero-order valence-electron chi connectivity index (χ0n) is 18.9. The van der Waals surface area contributed by atoms with Crippen LogP contribution in [-0.2, 0) is 19.6 Å². The molecule has 3 aromatic carbocycles. The van der Waals surface area contributed by atoms with E-state index >= 15 is 0 Å². The van der Waals surface area contributed by atoms with Crippen LogP contribution >= 0.6 is 0 Å². The first-order valence-electron chi connectivity index (χ1n) is 11.6. The largest absolute Gasteiger partial charge is 0.486 e. The SMILES string of the molecule is CCCCCCN(Cc1ccccc1)C(O)Cc1ccc(OCc2ccccc2)c(F)c1. The Morgan fingerprint density at radius 2 is 1.53 bits per heavy atom. The molecule has 1 unspecified atom stereocenters. The summed E-state index contributed by atoms with van der Waals surface area (Å²) in [4.78, 5) is 2.09. The van der Waals surface area contributed by atoms with E-state index in [1.165, 1.54) is 18.9 Å². The second kappa shape index (κ2) is 13.0. The van der Waals surface area contributed by atoms with Gasteiger partial charge >= 0.3 is 0 Å². The van der Waals surface area contributed by atoms with Crippen molar-refractivity contribution in [2.24, 2.45) is 0 Å². The quantitative estimate of drug-likeness (QED) is 0.251. The molecular weight excluding hydrogens is 401 g/mol. The Morgan fingerprint density at radius 3 is 2.19 bits per heavy atom. The van der Waals surface area contributed by atoms with Crippen LogP contribution in [-0.4, -0.2) is 22.8 Å². The molecular formula is C28H34FNO2. The first kappa shape index (κ1) is 24.0. The minimum absolute atomic E-state index is 0.229. The van der Waals surface area contributed by atoms with Gasteiger partial charge in [0.25, 0.3) is 0 Å². The first-order valence-corrected chi connectivity index (χ1v) is 11.6. The van der Waals surface area contributed by atoms with Crippen LogP contribution in [0.15, 0.2) is 78.9 Å². The third kappa shape index (κ3) is 7.77. The van der Waals surface area contributed by atoms with Crippen LogP contribution in [0.4, 0.5) is 4.39 Å². The molecule has 0 spiro atoms. The average molecular weight is 436 g/mol. The Labute approximate surface area is 191 Å². The number of unbranched alkanes of at least 4 members (excludes halogenated alkanes) is 3. The maximum atomic E-state index is 14.6. The van der Waals surface area contributed by atoms with Crippen molar-refractivity contribution in [1.29, 1.82) is 0 Å². The highest BCUT2D eigenvalue weighted by molar-refractivity contribution is 5.30. The highest BCUT2D eigenvalue weighted by atomic mass is 19.1. The van der Waals surface area contributed by atoms with Crippen LogP contribution in [0.3, 0.4) is 0 Å². The number of ether oxygens (including phenoxy) is 1. The number of hydrogen-bond donors (Lipinski definition) is 1. The summed E-state index contributed by atoms with van der Waals surface area (Å²) >= 11 is 0. The lowest BCUT2D eigenvalue weighted by Crippen LogP contribution is -2.37. The van der Waals surface area contributed by atoms with Crippen LogP contribution in [0, 0.1) is 5.82 Å². The van der Waals surface area contributed by atoms with E-state index in [2.05, 4.69) is 24.0 Å². The number of nitrogens with zero attached hydrogens (tertiary/aromatic N) is 1. The summed E-state index contributed by atoms with van der Waals surface area (Å²) in [7, 11) is 0. The fourth-order valence-electron chi connectivity index (χ4n) is 3.76. The Hall–Kier alpha value is -2.69. The molecule has 0 heterocycles. The van der Waals surface area contributed by atoms with Crippen LogP contribution < -0.4 is 4.74 Å². The monoisotopic (exact) mass is 435 g/mol. The molecule has 0 saturated carbocycles. The second-order valence-corrected chi connectivity index (χ2v) is 8.24. The van der Waals surface area contributed by atoms with Gasteiger partial charge in [0.2, 0.25) is 0 Å². The molecule has 1 N–H and O–H groups in total. The normalized spacial score (nSPS) is 12.1. The predicted octanol–water partition coefficient (Wildman–Crippen LogP) is 6.35. The van der Waals surface area contributed by atoms with Gasteiger partial charge in [0, 0.05) is 19.5 Å². The number of rotatable bonds is 13. The molecule has 3 aromatic rings. The maximum Gasteiger partial charge on any atom is 0.165 e. The van der Waals surface area contributed by atoms with Crippen LogP contribution in [0.2, 0.25) is 0 Å². The highest BCUT2D eigenvalue weighted by Gasteiger charge is 2.17. The number of hydrogen-bond acceptors (Lipinski definition) is 3. The van der Waals surface area contributed by atoms with Crippen LogP contribution in [0.1, 0.15) is 49.3 Å². The van der Waals surface area contributed by atoms with Gasteiger partial charge in [0.1, 0.15) is 12.8 Å². The third-order valence-corrected chi connectivity index (χ3v) is 5.60. The Balaban J connectivity index is 1.60. The van der Waals surface area contributed by atoms with Gasteiger partial charge in [-0.05, 0) is 35.2 Å². The molecule has 3 nitrogen and oxygen atoms in total. The molecule has 0 radical (unpaired) electrons. The molecule has 4 heteroatoms. The van der Waals surface area contributed by atoms with E-state index in [0.29, 0.717) is 19.6 Å². The number of benzene rings is 3. The minimum Gasteiger partial charge on any atom is -0.486 e. The summed E-state index contributed by atoms with van der Waals surface area (Å²) in [5.41, 5.74) is 2.91. The molecule has 0 aliphatic heterocycles. The fraction of sp³-hybridized carbons (Fsp3) is 0.357. The van der Waals surface area contributed by atoms with Gasteiger partial charge in [-0.1, -0.05) is 92.9 Å². The standard InChI is InChI=1S/C28H34FNO2/c1-2-3-4-11-18-30(21-23-12-7-5-8-13-23)28(31)20-25-16-17-27(26(29)19-25)32-22-24-14-9-6-10-15-24/h5-10,12-17,19,28,31H,2-4,11,18,20-22H2,1H3. The van der Waals surface area contributed by atoms with Crippen molar-refractivity contribution < 1.29 is 14.2 Å². The lowest BCUT2D eigenvalue weighted by atomic mass is 10.1. The molecule has 0 bridgehead atoms. The van der Waals surface area contributed by atoms with Gasteiger partial charge in [0.15, 0.2) is 11.6 Å². The Morgan fingerprint density at radius 1 is 0.844 bits per heavy atom. The fourth-order valence-corrected chi connectivity index (χ4v) is 3.76. The minimum atomic E-state index is -0.674. The summed E-state index contributed by atoms with van der Waals surface area (Å²) in [6, 6.07) is 24.8. The maximum absolute atomic E-state index is 14.6. The van der Waals surface area contributed by atoms with E-state index in [0.717, 1.165) is 36.1 Å². The molecule has 1 atom stereocenters. The van der Waals surface area contributed by atoms with E-state index < -0.39 is 12.0 Å². The van der Waals surface area contributed by atoms with Gasteiger partial charge in [-0.25, -0.2) is 4.39 Å². The first-order chi connectivity index (χ1) is 15.7. The number of aliphatic hydroxyl groups is 1. The molecule has 3 rings (SSSR count). The number of aliphatic hydroxyl groups excluding tert-OH is 1. The van der Waals surface area contributed by atoms with Crippen molar-refractivity contribution in [2.45, 2.75) is 58.4 Å². The topological polar surface area (TPSA) is 32.7 Å². The van der Waals surface area contributed by atoms with Crippen molar-refractivity contribution in [3.05, 3.63) is 101 Å². The second-order valence-electron chi connectivity index (χ2n) is 8.24. The molecule has 0 fully saturated rings. The smallest absolute Gasteiger partial charge is 0.165 e. The summed E-state index contributed by atoms with van der Waals surface area (Å²) in [6.45, 7) is 4.01. The molecule has 32 heavy (non-hydrogen) atoms. The van der Waals surface area contributed by atoms with E-state index in [-0.39, 0.29) is 5.75 Å². The zero-order chi connectivity index (χ0) is 22.6. The molecule has 0 saturated heterocycles. The summed E-state index contributed by atoms with van der Waals surface area (Å²) in [6.07, 6.45) is 4.27. The van der Waals surface area contributed by atoms with E-state index in [4.69, 9.17) is 4.74 Å². The van der Waals surface area contributed by atoms with E-state index in [9.17, 15) is 9.50 Å². The molecule has 170 valence electrons. The zero-order valence-corrected chi connectivity index (χ0v) is 18.9. The van der Waals surface area contributed by atoms with Gasteiger partial charge < -0.3 is 9.84 Å². The van der Waals surface area contributed by atoms with Crippen molar-refractivity contribution >= 4 is 0 Å². The molecule has 0 amide bonds. The van der Waals surface area contributed by atoms with Gasteiger partial charge in [-0.15, -0.1) is 0 Å². The Bertz CT molecular complexity index is 917. The van der Waals surface area contributed by atoms with Crippen molar-refractivity contribution in [3.63, 3.8) is 0 Å². The van der Waals surface area contributed by atoms with Crippen molar-refractivity contribution in [2.75, 3.05) is 6.54 Å². The van der Waals surface area contributed by atoms with Crippen LogP contribution in [0.25, 0.3) is 0 Å². The van der Waals surface area contributed by atoms with E-state index in [1.807, 2.05) is 54.6 Å². The van der Waals surface area contributed by atoms with E-state index in [1.54, 1.807) is 6.07 Å². The van der Waals surface area contributed by atoms with Crippen LogP contribution in [0.5, 0.6) is 5.75 Å². The Kier molecular flexibility index (Phi) is 9.73. The highest BCUT2D eigenvalue weighted by Crippen LogP contribution is 2.22. The molecule has 0 aliphatic rings. The summed E-state index contributed by atoms with van der Waals surface area (Å²) in [5.74, 6) is -0.170. The average Bonchev–Trinajstić information content (AvgIpc) is 2.82. The summed E-state index contributed by atoms with van der Waals surface area (Å²) < 4.78 is 20.3. The molecule has 0 aromatic heterocycles.